The Bertz CT molecular complexity index is 770. The number of rotatable bonds is 2. The Morgan fingerprint density at radius 2 is 2.10 bits per heavy atom. The molecule has 21 heavy (non-hydrogen) atoms. The lowest BCUT2D eigenvalue weighted by Crippen LogP contribution is -2.19. The average Bonchev–Trinajstić information content (AvgIpc) is 3.00. The Hall–Kier alpha value is -1.50. The van der Waals surface area contributed by atoms with Crippen molar-refractivity contribution in [3.8, 4) is 0 Å². The van der Waals surface area contributed by atoms with Gasteiger partial charge in [-0.2, -0.15) is 0 Å². The van der Waals surface area contributed by atoms with Crippen LogP contribution >= 0.6 is 39.3 Å². The van der Waals surface area contributed by atoms with Crippen LogP contribution in [0.15, 0.2) is 55.4 Å². The van der Waals surface area contributed by atoms with Gasteiger partial charge in [0.05, 0.1) is 15.6 Å². The van der Waals surface area contributed by atoms with Crippen molar-refractivity contribution in [2.75, 3.05) is 0 Å². The number of hydrogen-bond donors (Lipinski definition) is 1. The van der Waals surface area contributed by atoms with Gasteiger partial charge in [0, 0.05) is 6.08 Å². The van der Waals surface area contributed by atoms with Gasteiger partial charge in [0.2, 0.25) is 0 Å². The number of amidine groups is 1. The lowest BCUT2D eigenvalue weighted by atomic mass is 10.3. The van der Waals surface area contributed by atoms with E-state index in [1.54, 1.807) is 30.3 Å². The molecule has 7 heteroatoms. The number of amides is 1. The van der Waals surface area contributed by atoms with Gasteiger partial charge in [0.1, 0.15) is 5.76 Å². The second-order valence-electron chi connectivity index (χ2n) is 4.08. The van der Waals surface area contributed by atoms with E-state index in [4.69, 9.17) is 16.0 Å². The molecular formula is C14H8BrClN2O2S. The zero-order chi connectivity index (χ0) is 14.8. The molecule has 1 aliphatic heterocycles. The first-order chi connectivity index (χ1) is 10.1. The van der Waals surface area contributed by atoms with E-state index in [-0.39, 0.29) is 5.91 Å². The highest BCUT2D eigenvalue weighted by Crippen LogP contribution is 2.31. The Balaban J connectivity index is 1.85. The number of nitrogens with one attached hydrogen (secondary N) is 1. The fourth-order valence-corrected chi connectivity index (χ4v) is 2.98. The highest BCUT2D eigenvalue weighted by Gasteiger charge is 2.24. The van der Waals surface area contributed by atoms with Crippen molar-refractivity contribution in [2.45, 2.75) is 0 Å². The van der Waals surface area contributed by atoms with Crippen molar-refractivity contribution in [2.24, 2.45) is 4.99 Å². The summed E-state index contributed by atoms with van der Waals surface area (Å²) < 4.78 is 5.97. The third-order valence-electron chi connectivity index (χ3n) is 2.59. The van der Waals surface area contributed by atoms with Crippen LogP contribution in [0.1, 0.15) is 5.76 Å². The van der Waals surface area contributed by atoms with E-state index in [2.05, 4.69) is 26.2 Å². The van der Waals surface area contributed by atoms with Crippen molar-refractivity contribution >= 4 is 62.1 Å². The van der Waals surface area contributed by atoms with Crippen molar-refractivity contribution in [1.82, 2.24) is 5.32 Å². The molecule has 4 nitrogen and oxygen atoms in total. The van der Waals surface area contributed by atoms with E-state index < -0.39 is 0 Å². The molecule has 0 saturated carbocycles. The molecular weight excluding hydrogens is 376 g/mol. The van der Waals surface area contributed by atoms with Gasteiger partial charge in [-0.3, -0.25) is 4.79 Å². The van der Waals surface area contributed by atoms with Crippen molar-refractivity contribution < 1.29 is 9.21 Å². The van der Waals surface area contributed by atoms with E-state index in [1.165, 1.54) is 11.8 Å². The van der Waals surface area contributed by atoms with E-state index >= 15 is 0 Å². The number of benzene rings is 1. The maximum absolute atomic E-state index is 11.9. The standard InChI is InChI=1S/C14H8BrClN2O2S/c15-12-6-5-8(20-12)7-11-13(19)18-14(21-11)17-10-4-2-1-3-9(10)16/h1-7H,(H,17,18,19)/b11-7+. The monoisotopic (exact) mass is 382 g/mol. The number of furan rings is 1. The van der Waals surface area contributed by atoms with Crippen LogP contribution in [0, 0.1) is 0 Å². The highest BCUT2D eigenvalue weighted by molar-refractivity contribution is 9.10. The van der Waals surface area contributed by atoms with Gasteiger partial charge >= 0.3 is 0 Å². The number of para-hydroxylation sites is 1. The summed E-state index contributed by atoms with van der Waals surface area (Å²) in [5.41, 5.74) is 0.615. The van der Waals surface area contributed by atoms with E-state index in [0.29, 0.717) is 31.2 Å². The number of hydrogen-bond acceptors (Lipinski definition) is 4. The lowest BCUT2D eigenvalue weighted by molar-refractivity contribution is -0.115. The van der Waals surface area contributed by atoms with Gasteiger partial charge in [-0.25, -0.2) is 4.99 Å². The fourth-order valence-electron chi connectivity index (χ4n) is 1.67. The van der Waals surface area contributed by atoms with Crippen LogP contribution in [0.5, 0.6) is 0 Å². The van der Waals surface area contributed by atoms with Gasteiger partial charge in [0.15, 0.2) is 9.84 Å². The predicted molar refractivity (Wildman–Crippen MR) is 88.7 cm³/mol. The molecule has 0 bridgehead atoms. The Morgan fingerprint density at radius 1 is 1.29 bits per heavy atom. The number of halogens is 2. The summed E-state index contributed by atoms with van der Waals surface area (Å²) in [5.74, 6) is 0.386. The minimum Gasteiger partial charge on any atom is -0.450 e. The molecule has 1 N–H and O–H groups in total. The van der Waals surface area contributed by atoms with E-state index in [1.807, 2.05) is 12.1 Å². The van der Waals surface area contributed by atoms with Gasteiger partial charge in [0.25, 0.3) is 5.91 Å². The molecule has 106 valence electrons. The summed E-state index contributed by atoms with van der Waals surface area (Å²) in [6.07, 6.45) is 1.67. The Morgan fingerprint density at radius 3 is 2.81 bits per heavy atom. The Kier molecular flexibility index (Phi) is 4.19. The third kappa shape index (κ3) is 3.40. The molecule has 0 spiro atoms. The molecule has 0 radical (unpaired) electrons. The topological polar surface area (TPSA) is 54.6 Å². The maximum atomic E-state index is 11.9. The molecule has 0 unspecified atom stereocenters. The smallest absolute Gasteiger partial charge is 0.264 e. The maximum Gasteiger partial charge on any atom is 0.264 e. The number of carbonyl (C=O) groups excluding carboxylic acids is 1. The predicted octanol–water partition coefficient (Wildman–Crippen LogP) is 4.59. The summed E-state index contributed by atoms with van der Waals surface area (Å²) in [7, 11) is 0. The van der Waals surface area contributed by atoms with Gasteiger partial charge < -0.3 is 9.73 Å². The van der Waals surface area contributed by atoms with E-state index in [9.17, 15) is 4.79 Å². The largest absolute Gasteiger partial charge is 0.450 e. The normalized spacial score (nSPS) is 18.5. The average molecular weight is 384 g/mol. The summed E-state index contributed by atoms with van der Waals surface area (Å²) in [5, 5.41) is 3.73. The van der Waals surface area contributed by atoms with Crippen LogP contribution in [0.3, 0.4) is 0 Å². The van der Waals surface area contributed by atoms with Crippen molar-refractivity contribution in [3.05, 3.63) is 56.8 Å². The van der Waals surface area contributed by atoms with Crippen LogP contribution in [0.25, 0.3) is 6.08 Å². The molecule has 1 aliphatic rings. The molecule has 0 aliphatic carbocycles. The highest BCUT2D eigenvalue weighted by atomic mass is 79.9. The zero-order valence-corrected chi connectivity index (χ0v) is 13.6. The number of thioether (sulfide) groups is 1. The first kappa shape index (κ1) is 14.4. The first-order valence-electron chi connectivity index (χ1n) is 5.91. The summed E-state index contributed by atoms with van der Waals surface area (Å²) in [6, 6.07) is 10.7. The van der Waals surface area contributed by atoms with Gasteiger partial charge in [-0.1, -0.05) is 23.7 Å². The quantitative estimate of drug-likeness (QED) is 0.772. The summed E-state index contributed by atoms with van der Waals surface area (Å²) in [4.78, 5) is 16.8. The molecule has 1 amide bonds. The fraction of sp³-hybridized carbons (Fsp3) is 0. The SMILES string of the molecule is O=C1NC(=Nc2ccccc2Cl)S/C1=C/c1ccc(Br)o1. The molecule has 2 aromatic rings. The first-order valence-corrected chi connectivity index (χ1v) is 7.90. The minimum absolute atomic E-state index is 0.210. The summed E-state index contributed by atoms with van der Waals surface area (Å²) in [6.45, 7) is 0. The van der Waals surface area contributed by atoms with E-state index in [0.717, 1.165) is 0 Å². The molecule has 1 saturated heterocycles. The number of aliphatic imine (C=N–C) groups is 1. The molecule has 2 heterocycles. The van der Waals surface area contributed by atoms with Crippen LogP contribution < -0.4 is 5.32 Å². The van der Waals surface area contributed by atoms with Crippen LogP contribution in [-0.2, 0) is 4.79 Å². The lowest BCUT2D eigenvalue weighted by Gasteiger charge is -1.98. The van der Waals surface area contributed by atoms with Gasteiger partial charge in [-0.05, 0) is 52.0 Å². The van der Waals surface area contributed by atoms with Crippen molar-refractivity contribution in [1.29, 1.82) is 0 Å². The van der Waals surface area contributed by atoms with Crippen LogP contribution in [0.4, 0.5) is 5.69 Å². The second-order valence-corrected chi connectivity index (χ2v) is 6.29. The Labute approximate surface area is 138 Å². The summed E-state index contributed by atoms with van der Waals surface area (Å²) >= 11 is 10.5. The molecule has 0 atom stereocenters. The second kappa shape index (κ2) is 6.09. The molecule has 1 aromatic carbocycles. The molecule has 3 rings (SSSR count). The van der Waals surface area contributed by atoms with Crippen LogP contribution in [-0.4, -0.2) is 11.1 Å². The molecule has 1 aromatic heterocycles. The number of carbonyl (C=O) groups is 1. The van der Waals surface area contributed by atoms with Crippen LogP contribution in [0.2, 0.25) is 5.02 Å². The van der Waals surface area contributed by atoms with Crippen molar-refractivity contribution in [3.63, 3.8) is 0 Å². The zero-order valence-electron chi connectivity index (χ0n) is 10.5. The molecule has 1 fully saturated rings. The van der Waals surface area contributed by atoms with Gasteiger partial charge in [-0.15, -0.1) is 0 Å². The number of nitrogens with zero attached hydrogens (tertiary/aromatic N) is 1. The minimum atomic E-state index is -0.210. The third-order valence-corrected chi connectivity index (χ3v) is 4.25.